The Balaban J connectivity index is 1.77. The van der Waals surface area contributed by atoms with Crippen molar-refractivity contribution in [1.82, 2.24) is 10.1 Å². The van der Waals surface area contributed by atoms with Crippen LogP contribution in [0, 0.1) is 18.6 Å². The third-order valence-corrected chi connectivity index (χ3v) is 3.47. The summed E-state index contributed by atoms with van der Waals surface area (Å²) in [5, 5.41) is 7.01. The Morgan fingerprint density at radius 2 is 1.83 bits per heavy atom. The van der Waals surface area contributed by atoms with Gasteiger partial charge in [0, 0.05) is 11.3 Å². The molecule has 0 bridgehead atoms. The van der Waals surface area contributed by atoms with Gasteiger partial charge in [0.2, 0.25) is 11.7 Å². The smallest absolute Gasteiger partial charge is 0.249 e. The Morgan fingerprint density at radius 3 is 2.52 bits per heavy atom. The molecule has 0 aliphatic rings. The second-order valence-electron chi connectivity index (χ2n) is 5.29. The van der Waals surface area contributed by atoms with Crippen LogP contribution in [0.1, 0.15) is 24.4 Å². The van der Waals surface area contributed by atoms with E-state index in [-0.39, 0.29) is 17.7 Å². The summed E-state index contributed by atoms with van der Waals surface area (Å²) in [6, 6.07) is 10.5. The van der Waals surface area contributed by atoms with Crippen LogP contribution in [-0.4, -0.2) is 10.1 Å². The standard InChI is InChI=1S/C17H15F2N3O/c1-10-3-4-12(9-15(10)19)16-21-17(23-22-16)11(2)20-14-7-5-13(18)6-8-14/h3-9,11,20H,1-2H3. The molecule has 1 N–H and O–H groups in total. The number of anilines is 1. The molecule has 1 atom stereocenters. The fourth-order valence-electron chi connectivity index (χ4n) is 2.12. The highest BCUT2D eigenvalue weighted by Gasteiger charge is 2.16. The molecule has 4 nitrogen and oxygen atoms in total. The first kappa shape index (κ1) is 15.1. The minimum Gasteiger partial charge on any atom is -0.374 e. The lowest BCUT2D eigenvalue weighted by Crippen LogP contribution is -2.06. The summed E-state index contributed by atoms with van der Waals surface area (Å²) in [6.07, 6.45) is 0. The minimum atomic E-state index is -0.314. The van der Waals surface area contributed by atoms with Crippen LogP contribution in [-0.2, 0) is 0 Å². The zero-order chi connectivity index (χ0) is 16.4. The molecular formula is C17H15F2N3O. The van der Waals surface area contributed by atoms with Gasteiger partial charge in [0.1, 0.15) is 17.7 Å². The first-order valence-corrected chi connectivity index (χ1v) is 7.15. The maximum absolute atomic E-state index is 13.6. The summed E-state index contributed by atoms with van der Waals surface area (Å²) in [6.45, 7) is 3.53. The Bertz CT molecular complexity index is 815. The van der Waals surface area contributed by atoms with Crippen molar-refractivity contribution in [2.75, 3.05) is 5.32 Å². The average molecular weight is 315 g/mol. The highest BCUT2D eigenvalue weighted by atomic mass is 19.1. The van der Waals surface area contributed by atoms with Crippen molar-refractivity contribution >= 4 is 5.69 Å². The lowest BCUT2D eigenvalue weighted by molar-refractivity contribution is 0.368. The molecule has 0 saturated carbocycles. The highest BCUT2D eigenvalue weighted by Crippen LogP contribution is 2.23. The van der Waals surface area contributed by atoms with Crippen LogP contribution in [0.2, 0.25) is 0 Å². The van der Waals surface area contributed by atoms with E-state index in [1.165, 1.54) is 18.2 Å². The summed E-state index contributed by atoms with van der Waals surface area (Å²) >= 11 is 0. The topological polar surface area (TPSA) is 51.0 Å². The Hall–Kier alpha value is -2.76. The van der Waals surface area contributed by atoms with Crippen molar-refractivity contribution in [2.45, 2.75) is 19.9 Å². The molecule has 0 aliphatic heterocycles. The molecule has 0 aliphatic carbocycles. The van der Waals surface area contributed by atoms with Crippen LogP contribution < -0.4 is 5.32 Å². The van der Waals surface area contributed by atoms with Gasteiger partial charge < -0.3 is 9.84 Å². The van der Waals surface area contributed by atoms with E-state index in [1.54, 1.807) is 31.2 Å². The lowest BCUT2D eigenvalue weighted by atomic mass is 10.1. The fraction of sp³-hybridized carbons (Fsp3) is 0.176. The fourth-order valence-corrected chi connectivity index (χ4v) is 2.12. The van der Waals surface area contributed by atoms with Crippen molar-refractivity contribution < 1.29 is 13.3 Å². The number of halogens is 2. The van der Waals surface area contributed by atoms with E-state index in [1.807, 2.05) is 6.92 Å². The largest absolute Gasteiger partial charge is 0.374 e. The van der Waals surface area contributed by atoms with Gasteiger partial charge in [-0.15, -0.1) is 0 Å². The molecule has 2 aromatic carbocycles. The van der Waals surface area contributed by atoms with Crippen LogP contribution in [0.25, 0.3) is 11.4 Å². The SMILES string of the molecule is Cc1ccc(-c2noc(C(C)Nc3ccc(F)cc3)n2)cc1F. The second-order valence-corrected chi connectivity index (χ2v) is 5.29. The number of aryl methyl sites for hydroxylation is 1. The van der Waals surface area contributed by atoms with Gasteiger partial charge in [-0.1, -0.05) is 17.3 Å². The van der Waals surface area contributed by atoms with Crippen molar-refractivity contribution in [3.8, 4) is 11.4 Å². The molecule has 0 radical (unpaired) electrons. The molecule has 0 spiro atoms. The average Bonchev–Trinajstić information content (AvgIpc) is 3.02. The zero-order valence-corrected chi connectivity index (χ0v) is 12.7. The van der Waals surface area contributed by atoms with Crippen molar-refractivity contribution in [3.05, 3.63) is 65.6 Å². The normalized spacial score (nSPS) is 12.2. The van der Waals surface area contributed by atoms with Gasteiger partial charge in [-0.3, -0.25) is 0 Å². The van der Waals surface area contributed by atoms with Crippen LogP contribution in [0.5, 0.6) is 0 Å². The molecule has 0 amide bonds. The molecular weight excluding hydrogens is 300 g/mol. The lowest BCUT2D eigenvalue weighted by Gasteiger charge is -2.10. The van der Waals surface area contributed by atoms with Crippen molar-refractivity contribution in [2.24, 2.45) is 0 Å². The summed E-state index contributed by atoms with van der Waals surface area (Å²) in [5.74, 6) is 0.0768. The molecule has 1 aromatic heterocycles. The van der Waals surface area contributed by atoms with Crippen LogP contribution >= 0.6 is 0 Å². The minimum absolute atomic E-state index is 0.267. The molecule has 0 saturated heterocycles. The van der Waals surface area contributed by atoms with Gasteiger partial charge in [0.25, 0.3) is 0 Å². The molecule has 23 heavy (non-hydrogen) atoms. The number of aromatic nitrogens is 2. The van der Waals surface area contributed by atoms with Crippen LogP contribution in [0.15, 0.2) is 47.0 Å². The highest BCUT2D eigenvalue weighted by molar-refractivity contribution is 5.55. The van der Waals surface area contributed by atoms with E-state index in [0.29, 0.717) is 22.8 Å². The Labute approximate surface area is 132 Å². The predicted molar refractivity (Wildman–Crippen MR) is 82.9 cm³/mol. The maximum Gasteiger partial charge on any atom is 0.249 e. The van der Waals surface area contributed by atoms with Crippen molar-refractivity contribution in [3.63, 3.8) is 0 Å². The molecule has 3 aromatic rings. The quantitative estimate of drug-likeness (QED) is 0.770. The van der Waals surface area contributed by atoms with Gasteiger partial charge in [0.15, 0.2) is 0 Å². The van der Waals surface area contributed by atoms with Crippen LogP contribution in [0.3, 0.4) is 0 Å². The van der Waals surface area contributed by atoms with Gasteiger partial charge in [-0.2, -0.15) is 4.98 Å². The van der Waals surface area contributed by atoms with Crippen molar-refractivity contribution in [1.29, 1.82) is 0 Å². The van der Waals surface area contributed by atoms with E-state index < -0.39 is 0 Å². The Morgan fingerprint density at radius 1 is 1.09 bits per heavy atom. The zero-order valence-electron chi connectivity index (χ0n) is 12.7. The van der Waals surface area contributed by atoms with E-state index in [9.17, 15) is 8.78 Å². The van der Waals surface area contributed by atoms with Gasteiger partial charge >= 0.3 is 0 Å². The van der Waals surface area contributed by atoms with E-state index in [2.05, 4.69) is 15.5 Å². The first-order valence-electron chi connectivity index (χ1n) is 7.15. The van der Waals surface area contributed by atoms with Crippen LogP contribution in [0.4, 0.5) is 14.5 Å². The van der Waals surface area contributed by atoms with E-state index in [4.69, 9.17) is 4.52 Å². The summed E-state index contributed by atoms with van der Waals surface area (Å²) in [5.41, 5.74) is 1.85. The predicted octanol–water partition coefficient (Wildman–Crippen LogP) is 4.50. The summed E-state index contributed by atoms with van der Waals surface area (Å²) in [7, 11) is 0. The molecule has 0 fully saturated rings. The summed E-state index contributed by atoms with van der Waals surface area (Å²) in [4.78, 5) is 4.28. The number of nitrogens with zero attached hydrogens (tertiary/aromatic N) is 2. The van der Waals surface area contributed by atoms with Gasteiger partial charge in [0.05, 0.1) is 0 Å². The first-order chi connectivity index (χ1) is 11.0. The molecule has 3 rings (SSSR count). The van der Waals surface area contributed by atoms with E-state index >= 15 is 0 Å². The Kier molecular flexibility index (Phi) is 4.06. The molecule has 1 unspecified atom stereocenters. The third-order valence-electron chi connectivity index (χ3n) is 3.47. The number of hydrogen-bond donors (Lipinski definition) is 1. The van der Waals surface area contributed by atoms with Gasteiger partial charge in [-0.25, -0.2) is 8.78 Å². The maximum atomic E-state index is 13.6. The number of benzene rings is 2. The summed E-state index contributed by atoms with van der Waals surface area (Å²) < 4.78 is 31.7. The molecule has 1 heterocycles. The number of rotatable bonds is 4. The van der Waals surface area contributed by atoms with Gasteiger partial charge in [-0.05, 0) is 49.7 Å². The number of nitrogens with one attached hydrogen (secondary N) is 1. The van der Waals surface area contributed by atoms with E-state index in [0.717, 1.165) is 5.69 Å². The second kappa shape index (κ2) is 6.16. The monoisotopic (exact) mass is 315 g/mol. The molecule has 6 heteroatoms. The third kappa shape index (κ3) is 3.36. The number of hydrogen-bond acceptors (Lipinski definition) is 4. The molecule has 118 valence electrons.